The standard InChI is InChI=1S/C16H15N3O3/c1-9-15(16(20)17-3)12-5-4-11(8-13(12)21-9)22-14-6-7-18-10(2)19-14/h4-8H,1-3H3,(H,17,20). The molecule has 0 unspecified atom stereocenters. The minimum absolute atomic E-state index is 0.170. The first-order chi connectivity index (χ1) is 10.6. The highest BCUT2D eigenvalue weighted by Gasteiger charge is 2.17. The number of fused-ring (bicyclic) bond motifs is 1. The number of carbonyl (C=O) groups is 1. The van der Waals surface area contributed by atoms with Gasteiger partial charge in [-0.05, 0) is 26.0 Å². The molecule has 2 aromatic heterocycles. The maximum atomic E-state index is 11.9. The topological polar surface area (TPSA) is 77.2 Å². The van der Waals surface area contributed by atoms with E-state index in [0.29, 0.717) is 34.4 Å². The molecule has 0 aliphatic heterocycles. The fourth-order valence-electron chi connectivity index (χ4n) is 2.28. The minimum Gasteiger partial charge on any atom is -0.460 e. The summed E-state index contributed by atoms with van der Waals surface area (Å²) in [5, 5.41) is 3.37. The third kappa shape index (κ3) is 2.50. The summed E-state index contributed by atoms with van der Waals surface area (Å²) in [6, 6.07) is 7.01. The van der Waals surface area contributed by atoms with Crippen molar-refractivity contribution in [2.24, 2.45) is 0 Å². The van der Waals surface area contributed by atoms with Gasteiger partial charge in [0.15, 0.2) is 0 Å². The monoisotopic (exact) mass is 297 g/mol. The molecule has 0 bridgehead atoms. The molecule has 0 spiro atoms. The van der Waals surface area contributed by atoms with E-state index in [2.05, 4.69) is 15.3 Å². The zero-order valence-corrected chi connectivity index (χ0v) is 12.5. The number of ether oxygens (including phenoxy) is 1. The molecular weight excluding hydrogens is 282 g/mol. The lowest BCUT2D eigenvalue weighted by Gasteiger charge is -2.04. The summed E-state index contributed by atoms with van der Waals surface area (Å²) < 4.78 is 11.3. The fourth-order valence-corrected chi connectivity index (χ4v) is 2.28. The summed E-state index contributed by atoms with van der Waals surface area (Å²) in [6.07, 6.45) is 1.64. The zero-order valence-electron chi connectivity index (χ0n) is 12.5. The quantitative estimate of drug-likeness (QED) is 0.804. The molecule has 2 heterocycles. The van der Waals surface area contributed by atoms with Crippen LogP contribution in [0.5, 0.6) is 11.6 Å². The molecule has 6 heteroatoms. The number of carbonyl (C=O) groups excluding carboxylic acids is 1. The number of rotatable bonds is 3. The Morgan fingerprint density at radius 3 is 2.82 bits per heavy atom. The zero-order chi connectivity index (χ0) is 15.7. The van der Waals surface area contributed by atoms with Crippen molar-refractivity contribution < 1.29 is 13.9 Å². The molecule has 1 N–H and O–H groups in total. The molecule has 1 aromatic carbocycles. The van der Waals surface area contributed by atoms with Crippen LogP contribution < -0.4 is 10.1 Å². The molecule has 0 aliphatic carbocycles. The van der Waals surface area contributed by atoms with E-state index < -0.39 is 0 Å². The minimum atomic E-state index is -0.170. The van der Waals surface area contributed by atoms with Gasteiger partial charge in [-0.15, -0.1) is 0 Å². The number of hydrogen-bond donors (Lipinski definition) is 1. The van der Waals surface area contributed by atoms with Crippen LogP contribution in [-0.2, 0) is 0 Å². The van der Waals surface area contributed by atoms with Gasteiger partial charge >= 0.3 is 0 Å². The van der Waals surface area contributed by atoms with Crippen LogP contribution in [0.4, 0.5) is 0 Å². The van der Waals surface area contributed by atoms with Gasteiger partial charge < -0.3 is 14.5 Å². The Kier molecular flexibility index (Phi) is 3.50. The number of amides is 1. The van der Waals surface area contributed by atoms with Gasteiger partial charge in [-0.3, -0.25) is 4.79 Å². The number of benzene rings is 1. The van der Waals surface area contributed by atoms with E-state index in [-0.39, 0.29) is 5.91 Å². The SMILES string of the molecule is CNC(=O)c1c(C)oc2cc(Oc3ccnc(C)n3)ccc12. The predicted molar refractivity (Wildman–Crippen MR) is 81.2 cm³/mol. The van der Waals surface area contributed by atoms with Crippen LogP contribution in [0.25, 0.3) is 11.0 Å². The molecule has 0 saturated carbocycles. The van der Waals surface area contributed by atoms with E-state index in [0.717, 1.165) is 5.39 Å². The van der Waals surface area contributed by atoms with Gasteiger partial charge in [0.05, 0.1) is 5.56 Å². The van der Waals surface area contributed by atoms with Crippen molar-refractivity contribution in [1.29, 1.82) is 0 Å². The summed E-state index contributed by atoms with van der Waals surface area (Å²) in [4.78, 5) is 20.1. The van der Waals surface area contributed by atoms with Crippen molar-refractivity contribution in [2.45, 2.75) is 13.8 Å². The van der Waals surface area contributed by atoms with Gasteiger partial charge in [0.1, 0.15) is 22.9 Å². The van der Waals surface area contributed by atoms with E-state index in [1.807, 2.05) is 0 Å². The summed E-state index contributed by atoms with van der Waals surface area (Å²) >= 11 is 0. The molecule has 3 rings (SSSR count). The van der Waals surface area contributed by atoms with Gasteiger partial charge in [0.2, 0.25) is 5.88 Å². The van der Waals surface area contributed by atoms with E-state index in [4.69, 9.17) is 9.15 Å². The summed E-state index contributed by atoms with van der Waals surface area (Å²) in [7, 11) is 1.59. The number of nitrogens with one attached hydrogen (secondary N) is 1. The highest BCUT2D eigenvalue weighted by molar-refractivity contribution is 6.07. The summed E-state index contributed by atoms with van der Waals surface area (Å²) in [5.41, 5.74) is 1.14. The average molecular weight is 297 g/mol. The van der Waals surface area contributed by atoms with Crippen LogP contribution in [0.3, 0.4) is 0 Å². The highest BCUT2D eigenvalue weighted by Crippen LogP contribution is 2.30. The van der Waals surface area contributed by atoms with Crippen molar-refractivity contribution >= 4 is 16.9 Å². The van der Waals surface area contributed by atoms with Gasteiger partial charge in [-0.1, -0.05) is 0 Å². The summed E-state index contributed by atoms with van der Waals surface area (Å²) in [5.74, 6) is 2.08. The lowest BCUT2D eigenvalue weighted by molar-refractivity contribution is 0.0963. The largest absolute Gasteiger partial charge is 0.460 e. The molecule has 3 aromatic rings. The lowest BCUT2D eigenvalue weighted by atomic mass is 10.1. The average Bonchev–Trinajstić information content (AvgIpc) is 2.81. The molecule has 0 aliphatic rings. The Labute approximate surface area is 127 Å². The van der Waals surface area contributed by atoms with Crippen molar-refractivity contribution in [3.8, 4) is 11.6 Å². The molecule has 1 amide bonds. The van der Waals surface area contributed by atoms with Gasteiger partial charge in [-0.2, -0.15) is 4.98 Å². The molecule has 0 fully saturated rings. The molecule has 0 atom stereocenters. The van der Waals surface area contributed by atoms with Crippen molar-refractivity contribution in [1.82, 2.24) is 15.3 Å². The first kappa shape index (κ1) is 14.1. The van der Waals surface area contributed by atoms with Crippen LogP contribution in [0.2, 0.25) is 0 Å². The number of nitrogens with zero attached hydrogens (tertiary/aromatic N) is 2. The van der Waals surface area contributed by atoms with Crippen LogP contribution in [-0.4, -0.2) is 22.9 Å². The van der Waals surface area contributed by atoms with Gasteiger partial charge in [-0.25, -0.2) is 4.98 Å². The van der Waals surface area contributed by atoms with E-state index >= 15 is 0 Å². The number of aryl methyl sites for hydroxylation is 2. The van der Waals surface area contributed by atoms with Crippen LogP contribution in [0.1, 0.15) is 21.9 Å². The molecule has 0 saturated heterocycles. The first-order valence-corrected chi connectivity index (χ1v) is 6.81. The Morgan fingerprint density at radius 1 is 1.27 bits per heavy atom. The Balaban J connectivity index is 1.99. The maximum absolute atomic E-state index is 11.9. The normalized spacial score (nSPS) is 10.7. The second kappa shape index (κ2) is 5.48. The molecule has 22 heavy (non-hydrogen) atoms. The van der Waals surface area contributed by atoms with Crippen molar-refractivity contribution in [3.63, 3.8) is 0 Å². The molecule has 112 valence electrons. The third-order valence-electron chi connectivity index (χ3n) is 3.26. The fraction of sp³-hybridized carbons (Fsp3) is 0.188. The Bertz CT molecular complexity index is 855. The smallest absolute Gasteiger partial charge is 0.255 e. The maximum Gasteiger partial charge on any atom is 0.255 e. The number of aromatic nitrogens is 2. The van der Waals surface area contributed by atoms with Crippen LogP contribution in [0.15, 0.2) is 34.9 Å². The van der Waals surface area contributed by atoms with E-state index in [1.54, 1.807) is 51.4 Å². The van der Waals surface area contributed by atoms with Crippen LogP contribution >= 0.6 is 0 Å². The summed E-state index contributed by atoms with van der Waals surface area (Å²) in [6.45, 7) is 3.56. The number of furan rings is 1. The van der Waals surface area contributed by atoms with Crippen molar-refractivity contribution in [3.05, 3.63) is 47.6 Å². The third-order valence-corrected chi connectivity index (χ3v) is 3.26. The lowest BCUT2D eigenvalue weighted by Crippen LogP contribution is -2.18. The molecule has 0 radical (unpaired) electrons. The second-order valence-corrected chi connectivity index (χ2v) is 4.81. The second-order valence-electron chi connectivity index (χ2n) is 4.81. The Morgan fingerprint density at radius 2 is 2.09 bits per heavy atom. The van der Waals surface area contributed by atoms with Gasteiger partial charge in [0, 0.05) is 30.8 Å². The Hall–Kier alpha value is -2.89. The van der Waals surface area contributed by atoms with Crippen LogP contribution in [0, 0.1) is 13.8 Å². The van der Waals surface area contributed by atoms with E-state index in [1.165, 1.54) is 0 Å². The first-order valence-electron chi connectivity index (χ1n) is 6.81. The number of hydrogen-bond acceptors (Lipinski definition) is 5. The predicted octanol–water partition coefficient (Wildman–Crippen LogP) is 2.99. The van der Waals surface area contributed by atoms with Gasteiger partial charge in [0.25, 0.3) is 5.91 Å². The molecule has 6 nitrogen and oxygen atoms in total. The molecular formula is C16H15N3O3. The van der Waals surface area contributed by atoms with E-state index in [9.17, 15) is 4.79 Å². The van der Waals surface area contributed by atoms with Crippen molar-refractivity contribution in [2.75, 3.05) is 7.05 Å². The highest BCUT2D eigenvalue weighted by atomic mass is 16.5.